The van der Waals surface area contributed by atoms with Crippen molar-refractivity contribution >= 4 is 35.9 Å². The van der Waals surface area contributed by atoms with E-state index in [0.29, 0.717) is 24.5 Å². The molecule has 0 radical (unpaired) electrons. The lowest BCUT2D eigenvalue weighted by Gasteiger charge is -2.35. The maximum atomic E-state index is 11.9. The molecule has 6 heteroatoms. The minimum absolute atomic E-state index is 0.0402. The van der Waals surface area contributed by atoms with E-state index < -0.39 is 5.97 Å². The molecule has 5 nitrogen and oxygen atoms in total. The summed E-state index contributed by atoms with van der Waals surface area (Å²) < 4.78 is 0. The van der Waals surface area contributed by atoms with Crippen LogP contribution in [0.4, 0.5) is 11.4 Å². The van der Waals surface area contributed by atoms with Gasteiger partial charge in [0.05, 0.1) is 23.5 Å². The van der Waals surface area contributed by atoms with Crippen LogP contribution in [0.2, 0.25) is 0 Å². The highest BCUT2D eigenvalue weighted by Crippen LogP contribution is 2.33. The monoisotopic (exact) mass is 266 g/mol. The predicted octanol–water partition coefficient (Wildman–Crippen LogP) is 1.10. The lowest BCUT2D eigenvalue weighted by Crippen LogP contribution is -2.45. The van der Waals surface area contributed by atoms with E-state index in [2.05, 4.69) is 12.6 Å². The zero-order valence-corrected chi connectivity index (χ0v) is 10.9. The average molecular weight is 266 g/mol. The van der Waals surface area contributed by atoms with Gasteiger partial charge in [0.1, 0.15) is 0 Å². The minimum Gasteiger partial charge on any atom is -0.478 e. The van der Waals surface area contributed by atoms with Crippen molar-refractivity contribution in [1.82, 2.24) is 0 Å². The van der Waals surface area contributed by atoms with Crippen molar-refractivity contribution in [1.29, 1.82) is 0 Å². The lowest BCUT2D eigenvalue weighted by atomic mass is 10.1. The molecular weight excluding hydrogens is 252 g/mol. The largest absolute Gasteiger partial charge is 0.478 e. The SMILES string of the molecule is CN1CC(=O)N(CCS)c2cc(C(=O)O)ccc21. The van der Waals surface area contributed by atoms with Crippen LogP contribution in [-0.2, 0) is 4.79 Å². The zero-order valence-electron chi connectivity index (χ0n) is 9.96. The number of benzene rings is 1. The van der Waals surface area contributed by atoms with E-state index in [-0.39, 0.29) is 11.5 Å². The number of aromatic carboxylic acids is 1. The molecule has 0 fully saturated rings. The summed E-state index contributed by atoms with van der Waals surface area (Å²) in [6, 6.07) is 4.82. The number of anilines is 2. The first kappa shape index (κ1) is 12.8. The molecule has 0 bridgehead atoms. The molecule has 1 aliphatic heterocycles. The molecule has 0 spiro atoms. The fourth-order valence-corrected chi connectivity index (χ4v) is 2.25. The summed E-state index contributed by atoms with van der Waals surface area (Å²) in [6.45, 7) is 0.777. The third-order valence-corrected chi connectivity index (χ3v) is 3.12. The molecule has 1 N–H and O–H groups in total. The van der Waals surface area contributed by atoms with Crippen molar-refractivity contribution in [3.05, 3.63) is 23.8 Å². The number of likely N-dealkylation sites (N-methyl/N-ethyl adjacent to an activating group) is 1. The first-order valence-electron chi connectivity index (χ1n) is 5.54. The number of carboxylic acid groups (broad SMARTS) is 1. The summed E-state index contributed by atoms with van der Waals surface area (Å²) >= 11 is 4.13. The first-order chi connectivity index (χ1) is 8.54. The third kappa shape index (κ3) is 2.15. The lowest BCUT2D eigenvalue weighted by molar-refractivity contribution is -0.117. The molecule has 0 aliphatic carbocycles. The number of nitrogens with zero attached hydrogens (tertiary/aromatic N) is 2. The second-order valence-electron chi connectivity index (χ2n) is 4.13. The molecule has 2 rings (SSSR count). The Morgan fingerprint density at radius 2 is 2.17 bits per heavy atom. The average Bonchev–Trinajstić information content (AvgIpc) is 2.33. The van der Waals surface area contributed by atoms with Gasteiger partial charge in [0.15, 0.2) is 0 Å². The highest BCUT2D eigenvalue weighted by Gasteiger charge is 2.27. The van der Waals surface area contributed by atoms with E-state index in [9.17, 15) is 9.59 Å². The van der Waals surface area contributed by atoms with E-state index in [1.807, 2.05) is 11.9 Å². The molecule has 18 heavy (non-hydrogen) atoms. The predicted molar refractivity (Wildman–Crippen MR) is 72.9 cm³/mol. The molecular formula is C12H14N2O3S. The Kier molecular flexibility index (Phi) is 3.47. The van der Waals surface area contributed by atoms with E-state index >= 15 is 0 Å². The van der Waals surface area contributed by atoms with Crippen LogP contribution >= 0.6 is 12.6 Å². The number of amides is 1. The number of fused-ring (bicyclic) bond motifs is 1. The second kappa shape index (κ2) is 4.89. The minimum atomic E-state index is -0.996. The number of hydrogen-bond acceptors (Lipinski definition) is 4. The second-order valence-corrected chi connectivity index (χ2v) is 4.58. The van der Waals surface area contributed by atoms with Crippen molar-refractivity contribution in [2.24, 2.45) is 0 Å². The number of carbonyl (C=O) groups excluding carboxylic acids is 1. The van der Waals surface area contributed by atoms with Crippen molar-refractivity contribution in [3.8, 4) is 0 Å². The summed E-state index contributed by atoms with van der Waals surface area (Å²) in [4.78, 5) is 26.3. The van der Waals surface area contributed by atoms with Crippen LogP contribution in [0.5, 0.6) is 0 Å². The van der Waals surface area contributed by atoms with Gasteiger partial charge in [0.2, 0.25) is 5.91 Å². The van der Waals surface area contributed by atoms with Crippen LogP contribution in [0.15, 0.2) is 18.2 Å². The molecule has 0 unspecified atom stereocenters. The van der Waals surface area contributed by atoms with Gasteiger partial charge in [-0.05, 0) is 18.2 Å². The van der Waals surface area contributed by atoms with Gasteiger partial charge in [0, 0.05) is 19.3 Å². The highest BCUT2D eigenvalue weighted by molar-refractivity contribution is 7.80. The summed E-state index contributed by atoms with van der Waals surface area (Å²) in [7, 11) is 1.81. The van der Waals surface area contributed by atoms with Crippen molar-refractivity contribution in [2.75, 3.05) is 35.7 Å². The van der Waals surface area contributed by atoms with Crippen LogP contribution in [0, 0.1) is 0 Å². The smallest absolute Gasteiger partial charge is 0.335 e. The van der Waals surface area contributed by atoms with Crippen molar-refractivity contribution < 1.29 is 14.7 Å². The van der Waals surface area contributed by atoms with E-state index in [4.69, 9.17) is 5.11 Å². The summed E-state index contributed by atoms with van der Waals surface area (Å²) in [5.41, 5.74) is 1.69. The molecule has 0 aromatic heterocycles. The molecule has 96 valence electrons. The molecule has 1 heterocycles. The number of carboxylic acids is 1. The molecule has 0 saturated carbocycles. The van der Waals surface area contributed by atoms with Crippen molar-refractivity contribution in [3.63, 3.8) is 0 Å². The van der Waals surface area contributed by atoms with Gasteiger partial charge in [-0.3, -0.25) is 4.79 Å². The molecule has 1 aromatic carbocycles. The van der Waals surface area contributed by atoms with Crippen LogP contribution in [-0.4, -0.2) is 42.9 Å². The Hall–Kier alpha value is -1.69. The molecule has 1 aromatic rings. The van der Waals surface area contributed by atoms with Crippen LogP contribution in [0.25, 0.3) is 0 Å². The van der Waals surface area contributed by atoms with Gasteiger partial charge in [-0.25, -0.2) is 4.79 Å². The standard InChI is InChI=1S/C12H14N2O3S/c1-13-7-11(15)14(4-5-18)10-6-8(12(16)17)2-3-9(10)13/h2-3,6,18H,4-5,7H2,1H3,(H,16,17). The fraction of sp³-hybridized carbons (Fsp3) is 0.333. The maximum absolute atomic E-state index is 11.9. The van der Waals surface area contributed by atoms with Gasteiger partial charge < -0.3 is 14.9 Å². The van der Waals surface area contributed by atoms with Crippen LogP contribution in [0.1, 0.15) is 10.4 Å². The van der Waals surface area contributed by atoms with E-state index in [1.165, 1.54) is 6.07 Å². The Labute approximate surface area is 110 Å². The van der Waals surface area contributed by atoms with Gasteiger partial charge in [-0.1, -0.05) is 0 Å². The quantitative estimate of drug-likeness (QED) is 0.804. The molecule has 0 saturated heterocycles. The van der Waals surface area contributed by atoms with Gasteiger partial charge >= 0.3 is 5.97 Å². The Balaban J connectivity index is 2.51. The fourth-order valence-electron chi connectivity index (χ4n) is 2.05. The van der Waals surface area contributed by atoms with E-state index in [1.54, 1.807) is 17.0 Å². The van der Waals surface area contributed by atoms with Gasteiger partial charge in [0.25, 0.3) is 0 Å². The van der Waals surface area contributed by atoms with Crippen LogP contribution < -0.4 is 9.80 Å². The number of hydrogen-bond donors (Lipinski definition) is 2. The summed E-state index contributed by atoms with van der Waals surface area (Å²) in [6.07, 6.45) is 0. The first-order valence-corrected chi connectivity index (χ1v) is 6.17. The van der Waals surface area contributed by atoms with Crippen LogP contribution in [0.3, 0.4) is 0 Å². The summed E-state index contributed by atoms with van der Waals surface area (Å²) in [5, 5.41) is 9.00. The number of rotatable bonds is 3. The van der Waals surface area contributed by atoms with E-state index in [0.717, 1.165) is 5.69 Å². The third-order valence-electron chi connectivity index (χ3n) is 2.92. The Morgan fingerprint density at radius 3 is 2.78 bits per heavy atom. The highest BCUT2D eigenvalue weighted by atomic mass is 32.1. The van der Waals surface area contributed by atoms with Gasteiger partial charge in [-0.15, -0.1) is 0 Å². The summed E-state index contributed by atoms with van der Waals surface area (Å²) in [5.74, 6) is -0.502. The topological polar surface area (TPSA) is 60.9 Å². The normalized spacial score (nSPS) is 14.7. The molecule has 1 aliphatic rings. The number of thiol groups is 1. The molecule has 0 atom stereocenters. The van der Waals surface area contributed by atoms with Gasteiger partial charge in [-0.2, -0.15) is 12.6 Å². The Morgan fingerprint density at radius 1 is 1.44 bits per heavy atom. The number of carbonyl (C=O) groups is 2. The molecule has 1 amide bonds. The maximum Gasteiger partial charge on any atom is 0.335 e. The Bertz CT molecular complexity index is 504. The zero-order chi connectivity index (χ0) is 13.3. The van der Waals surface area contributed by atoms with Crippen molar-refractivity contribution in [2.45, 2.75) is 0 Å².